The molecule has 35 heavy (non-hydrogen) atoms. The fraction of sp³-hybridized carbons (Fsp3) is 0.480. The number of nitrogens with zero attached hydrogens (tertiary/aromatic N) is 1. The summed E-state index contributed by atoms with van der Waals surface area (Å²) in [4.78, 5) is 12.9. The summed E-state index contributed by atoms with van der Waals surface area (Å²) in [6.45, 7) is 5.21. The number of rotatable bonds is 11. The van der Waals surface area contributed by atoms with E-state index in [1.165, 1.54) is 28.6 Å². The number of carbonyl (C=O) groups excluding carboxylic acids is 1. The Hall–Kier alpha value is -2.50. The predicted octanol–water partition coefficient (Wildman–Crippen LogP) is 1.12. The highest BCUT2D eigenvalue weighted by atomic mass is 32.2. The Labute approximate surface area is 207 Å². The largest absolute Gasteiger partial charge is 0.508 e. The number of phenolic OH excluding ortho intramolecular Hbond substituents is 1. The number of carbonyl (C=O) groups is 1. The average molecular weight is 506 g/mol. The minimum Gasteiger partial charge on any atom is -0.508 e. The van der Waals surface area contributed by atoms with E-state index in [2.05, 4.69) is 10.6 Å². The van der Waals surface area contributed by atoms with Gasteiger partial charge in [-0.3, -0.25) is 4.79 Å². The van der Waals surface area contributed by atoms with Crippen molar-refractivity contribution in [2.75, 3.05) is 32.8 Å². The van der Waals surface area contributed by atoms with Crippen LogP contribution in [0.1, 0.15) is 19.4 Å². The maximum Gasteiger partial charge on any atom is 0.250 e. The number of nitrogens with one attached hydrogen (secondary N) is 2. The van der Waals surface area contributed by atoms with Crippen molar-refractivity contribution in [1.29, 1.82) is 0 Å². The second kappa shape index (κ2) is 12.5. The summed E-state index contributed by atoms with van der Waals surface area (Å²) in [6, 6.07) is 14.0. The first-order chi connectivity index (χ1) is 16.7. The molecule has 2 aromatic carbocycles. The third-order valence-corrected chi connectivity index (χ3v) is 7.59. The van der Waals surface area contributed by atoms with Gasteiger partial charge >= 0.3 is 0 Å². The zero-order valence-electron chi connectivity index (χ0n) is 20.1. The van der Waals surface area contributed by atoms with E-state index < -0.39 is 28.3 Å². The maximum atomic E-state index is 13.4. The molecule has 0 unspecified atom stereocenters. The minimum absolute atomic E-state index is 0.00188. The fourth-order valence-corrected chi connectivity index (χ4v) is 5.56. The number of phenols is 1. The highest BCUT2D eigenvalue weighted by molar-refractivity contribution is 7.89. The molecule has 1 amide bonds. The van der Waals surface area contributed by atoms with Crippen LogP contribution in [0.2, 0.25) is 0 Å². The Morgan fingerprint density at radius 3 is 2.43 bits per heavy atom. The number of aliphatic hydroxyl groups is 1. The molecule has 1 saturated heterocycles. The molecule has 0 saturated carbocycles. The first-order valence-corrected chi connectivity index (χ1v) is 13.2. The summed E-state index contributed by atoms with van der Waals surface area (Å²) in [6.07, 6.45) is -1.54. The summed E-state index contributed by atoms with van der Waals surface area (Å²) in [5.41, 5.74) is 0.899. The van der Waals surface area contributed by atoms with Crippen molar-refractivity contribution in [3.05, 3.63) is 60.2 Å². The lowest BCUT2D eigenvalue weighted by Gasteiger charge is -2.32. The van der Waals surface area contributed by atoms with Crippen LogP contribution in [-0.4, -0.2) is 79.9 Å². The lowest BCUT2D eigenvalue weighted by molar-refractivity contribution is -0.135. The van der Waals surface area contributed by atoms with Gasteiger partial charge in [-0.15, -0.1) is 0 Å². The Morgan fingerprint density at radius 1 is 1.14 bits per heavy atom. The van der Waals surface area contributed by atoms with Crippen molar-refractivity contribution in [3.63, 3.8) is 0 Å². The number of ether oxygens (including phenoxy) is 1. The van der Waals surface area contributed by atoms with E-state index in [9.17, 15) is 23.4 Å². The van der Waals surface area contributed by atoms with Crippen LogP contribution in [-0.2, 0) is 26.0 Å². The molecule has 10 heteroatoms. The van der Waals surface area contributed by atoms with Crippen LogP contribution in [0.4, 0.5) is 0 Å². The van der Waals surface area contributed by atoms with Crippen LogP contribution in [0.25, 0.3) is 0 Å². The number of morpholine rings is 1. The molecular weight excluding hydrogens is 470 g/mol. The van der Waals surface area contributed by atoms with E-state index in [0.717, 1.165) is 5.56 Å². The Bertz CT molecular complexity index is 1040. The quantitative estimate of drug-likeness (QED) is 0.360. The molecule has 1 aliphatic heterocycles. The van der Waals surface area contributed by atoms with E-state index in [-0.39, 0.29) is 35.6 Å². The van der Waals surface area contributed by atoms with Gasteiger partial charge < -0.3 is 25.6 Å². The van der Waals surface area contributed by atoms with Gasteiger partial charge in [0, 0.05) is 26.2 Å². The van der Waals surface area contributed by atoms with Gasteiger partial charge in [-0.2, -0.15) is 4.31 Å². The number of hydrogen-bond acceptors (Lipinski definition) is 7. The van der Waals surface area contributed by atoms with Gasteiger partial charge in [-0.25, -0.2) is 8.42 Å². The van der Waals surface area contributed by atoms with E-state index >= 15 is 0 Å². The predicted molar refractivity (Wildman–Crippen MR) is 132 cm³/mol. The number of amides is 1. The van der Waals surface area contributed by atoms with Gasteiger partial charge in [0.1, 0.15) is 11.9 Å². The summed E-state index contributed by atoms with van der Waals surface area (Å²) in [5, 5.41) is 26.8. The van der Waals surface area contributed by atoms with Gasteiger partial charge in [0.2, 0.25) is 10.0 Å². The van der Waals surface area contributed by atoms with Gasteiger partial charge in [-0.1, -0.05) is 44.2 Å². The van der Waals surface area contributed by atoms with Crippen molar-refractivity contribution in [2.24, 2.45) is 5.92 Å². The van der Waals surface area contributed by atoms with Crippen LogP contribution >= 0.6 is 0 Å². The first kappa shape index (κ1) is 27.1. The minimum atomic E-state index is -3.95. The molecule has 3 rings (SSSR count). The summed E-state index contributed by atoms with van der Waals surface area (Å²) >= 11 is 0. The first-order valence-electron chi connectivity index (χ1n) is 11.8. The molecule has 0 spiro atoms. The van der Waals surface area contributed by atoms with Crippen LogP contribution in [0.5, 0.6) is 5.75 Å². The van der Waals surface area contributed by atoms with E-state index in [4.69, 9.17) is 4.74 Å². The second-order valence-electron chi connectivity index (χ2n) is 9.15. The van der Waals surface area contributed by atoms with Crippen molar-refractivity contribution < 1.29 is 28.2 Å². The summed E-state index contributed by atoms with van der Waals surface area (Å²) in [5.74, 6) is -0.392. The van der Waals surface area contributed by atoms with E-state index in [1.807, 2.05) is 44.2 Å². The Balaban J connectivity index is 1.82. The average Bonchev–Trinajstić information content (AvgIpc) is 2.84. The Kier molecular flexibility index (Phi) is 9.64. The zero-order chi connectivity index (χ0) is 25.4. The molecule has 1 fully saturated rings. The molecule has 0 radical (unpaired) electrons. The summed E-state index contributed by atoms with van der Waals surface area (Å²) < 4.78 is 33.5. The van der Waals surface area contributed by atoms with Crippen molar-refractivity contribution in [2.45, 2.75) is 43.4 Å². The molecule has 1 heterocycles. The molecule has 1 aliphatic rings. The standard InChI is InChI=1S/C25H35N3O6S/c1-18(2)16-28(35(32,33)21-10-8-20(29)9-11-21)17-23(30)22(14-19-6-4-3-5-7-19)27-25(31)24-15-26-12-13-34-24/h3-11,18,22-24,26,29-30H,12-17H2,1-2H3,(H,27,31)/t22-,23+,24+/m0/s1. The van der Waals surface area contributed by atoms with Gasteiger partial charge in [0.25, 0.3) is 5.91 Å². The monoisotopic (exact) mass is 505 g/mol. The van der Waals surface area contributed by atoms with Crippen LogP contribution < -0.4 is 10.6 Å². The third-order valence-electron chi connectivity index (χ3n) is 5.74. The van der Waals surface area contributed by atoms with Gasteiger partial charge in [0.15, 0.2) is 0 Å². The normalized spacial score (nSPS) is 18.4. The van der Waals surface area contributed by atoms with Gasteiger partial charge in [0.05, 0.1) is 23.6 Å². The molecule has 192 valence electrons. The van der Waals surface area contributed by atoms with Crippen LogP contribution in [0.15, 0.2) is 59.5 Å². The third kappa shape index (κ3) is 7.74. The van der Waals surface area contributed by atoms with Crippen molar-refractivity contribution in [3.8, 4) is 5.75 Å². The maximum absolute atomic E-state index is 13.4. The van der Waals surface area contributed by atoms with Crippen molar-refractivity contribution >= 4 is 15.9 Å². The number of sulfonamides is 1. The second-order valence-corrected chi connectivity index (χ2v) is 11.1. The molecule has 2 aromatic rings. The Morgan fingerprint density at radius 2 is 1.83 bits per heavy atom. The lowest BCUT2D eigenvalue weighted by Crippen LogP contribution is -2.55. The number of benzene rings is 2. The van der Waals surface area contributed by atoms with E-state index in [0.29, 0.717) is 26.1 Å². The lowest BCUT2D eigenvalue weighted by atomic mass is 10.0. The SMILES string of the molecule is CC(C)CN(C[C@@H](O)[C@H](Cc1ccccc1)NC(=O)[C@H]1CNCCO1)S(=O)(=O)c1ccc(O)cc1. The molecule has 0 aromatic heterocycles. The van der Waals surface area contributed by atoms with Crippen LogP contribution in [0, 0.1) is 5.92 Å². The van der Waals surface area contributed by atoms with Gasteiger partial charge in [-0.05, 0) is 42.2 Å². The molecule has 4 N–H and O–H groups in total. The topological polar surface area (TPSA) is 128 Å². The van der Waals surface area contributed by atoms with Crippen molar-refractivity contribution in [1.82, 2.24) is 14.9 Å². The summed E-state index contributed by atoms with van der Waals surface area (Å²) in [7, 11) is -3.95. The van der Waals surface area contributed by atoms with E-state index in [1.54, 1.807) is 0 Å². The highest BCUT2D eigenvalue weighted by Crippen LogP contribution is 2.21. The number of aromatic hydroxyl groups is 1. The fourth-order valence-electron chi connectivity index (χ4n) is 3.94. The molecule has 9 nitrogen and oxygen atoms in total. The number of hydrogen-bond donors (Lipinski definition) is 4. The molecular formula is C25H35N3O6S. The molecule has 3 atom stereocenters. The molecule has 0 aliphatic carbocycles. The number of aliphatic hydroxyl groups excluding tert-OH is 1. The highest BCUT2D eigenvalue weighted by Gasteiger charge is 2.33. The molecule has 0 bridgehead atoms. The zero-order valence-corrected chi connectivity index (χ0v) is 20.9. The van der Waals surface area contributed by atoms with Crippen LogP contribution in [0.3, 0.4) is 0 Å². The smallest absolute Gasteiger partial charge is 0.250 e.